The lowest BCUT2D eigenvalue weighted by Gasteiger charge is -2.05. The molecule has 0 fully saturated rings. The topological polar surface area (TPSA) is 67.0 Å². The smallest absolute Gasteiger partial charge is 0.268 e. The first-order valence-corrected chi connectivity index (χ1v) is 7.44. The Morgan fingerprint density at radius 3 is 3.21 bits per heavy atom. The van der Waals surface area contributed by atoms with Gasteiger partial charge in [0.05, 0.1) is 18.7 Å². The van der Waals surface area contributed by atoms with Crippen molar-refractivity contribution in [1.29, 1.82) is 0 Å². The molecule has 0 saturated heterocycles. The van der Waals surface area contributed by atoms with Crippen molar-refractivity contribution in [2.24, 2.45) is 0 Å². The van der Waals surface area contributed by atoms with Crippen LogP contribution >= 0.6 is 11.3 Å². The summed E-state index contributed by atoms with van der Waals surface area (Å²) in [5.74, 6) is 0.671. The highest BCUT2D eigenvalue weighted by atomic mass is 32.1. The van der Waals surface area contributed by atoms with Gasteiger partial charge >= 0.3 is 0 Å². The highest BCUT2D eigenvalue weighted by Crippen LogP contribution is 2.13. The summed E-state index contributed by atoms with van der Waals surface area (Å²) in [7, 11) is 0. The van der Waals surface area contributed by atoms with E-state index in [9.17, 15) is 4.79 Å². The van der Waals surface area contributed by atoms with Crippen LogP contribution in [0.15, 0.2) is 16.2 Å². The molecular weight excluding hydrogens is 262 g/mol. The quantitative estimate of drug-likeness (QED) is 0.725. The molecule has 0 atom stereocenters. The van der Waals surface area contributed by atoms with Gasteiger partial charge in [-0.05, 0) is 17.9 Å². The lowest BCUT2D eigenvalue weighted by Crippen LogP contribution is -2.22. The summed E-state index contributed by atoms with van der Waals surface area (Å²) in [6.07, 6.45) is 2.25. The second kappa shape index (κ2) is 7.37. The SMILES string of the molecule is CCCCOCCNCc1nc2ccsc2c(=O)[nH]1. The Bertz CT molecular complexity index is 564. The third-order valence-electron chi connectivity index (χ3n) is 2.72. The molecule has 2 aromatic heterocycles. The van der Waals surface area contributed by atoms with Gasteiger partial charge in [0.25, 0.3) is 5.56 Å². The second-order valence-corrected chi connectivity index (χ2v) is 5.21. The maximum absolute atomic E-state index is 11.7. The summed E-state index contributed by atoms with van der Waals surface area (Å²) >= 11 is 1.42. The third-order valence-corrected chi connectivity index (χ3v) is 3.62. The standard InChI is InChI=1S/C13H19N3O2S/c1-2-3-6-18-7-5-14-9-11-15-10-4-8-19-12(10)13(17)16-11/h4,8,14H,2-3,5-7,9H2,1H3,(H,15,16,17). The van der Waals surface area contributed by atoms with E-state index in [-0.39, 0.29) is 5.56 Å². The molecular formula is C13H19N3O2S. The fraction of sp³-hybridized carbons (Fsp3) is 0.538. The number of nitrogens with one attached hydrogen (secondary N) is 2. The lowest BCUT2D eigenvalue weighted by atomic mass is 10.4. The molecule has 5 nitrogen and oxygen atoms in total. The van der Waals surface area contributed by atoms with Crippen LogP contribution in [0.5, 0.6) is 0 Å². The van der Waals surface area contributed by atoms with Crippen molar-refractivity contribution in [2.45, 2.75) is 26.3 Å². The molecule has 2 rings (SSSR count). The summed E-state index contributed by atoms with van der Waals surface area (Å²) in [4.78, 5) is 18.9. The number of nitrogens with zero attached hydrogens (tertiary/aromatic N) is 1. The number of rotatable bonds is 8. The fourth-order valence-electron chi connectivity index (χ4n) is 1.70. The molecule has 6 heteroatoms. The Morgan fingerprint density at radius 2 is 2.37 bits per heavy atom. The second-order valence-electron chi connectivity index (χ2n) is 4.29. The summed E-state index contributed by atoms with van der Waals surface area (Å²) in [5.41, 5.74) is 0.709. The van der Waals surface area contributed by atoms with Crippen LogP contribution in [0.25, 0.3) is 10.2 Å². The van der Waals surface area contributed by atoms with Crippen molar-refractivity contribution < 1.29 is 4.74 Å². The zero-order chi connectivity index (χ0) is 13.5. The van der Waals surface area contributed by atoms with E-state index in [1.54, 1.807) is 0 Å². The van der Waals surface area contributed by atoms with Crippen LogP contribution < -0.4 is 10.9 Å². The van der Waals surface area contributed by atoms with Gasteiger partial charge in [0.2, 0.25) is 0 Å². The fourth-order valence-corrected chi connectivity index (χ4v) is 2.43. The van der Waals surface area contributed by atoms with Gasteiger partial charge in [-0.1, -0.05) is 13.3 Å². The van der Waals surface area contributed by atoms with Gasteiger partial charge in [-0.2, -0.15) is 0 Å². The van der Waals surface area contributed by atoms with Gasteiger partial charge in [-0.15, -0.1) is 11.3 Å². The summed E-state index contributed by atoms with van der Waals surface area (Å²) < 4.78 is 6.13. The highest BCUT2D eigenvalue weighted by molar-refractivity contribution is 7.17. The van der Waals surface area contributed by atoms with E-state index in [1.165, 1.54) is 11.3 Å². The number of unbranched alkanes of at least 4 members (excludes halogenated alkanes) is 1. The zero-order valence-electron chi connectivity index (χ0n) is 11.1. The predicted octanol–water partition coefficient (Wildman–Crippen LogP) is 1.89. The molecule has 2 aromatic rings. The molecule has 0 radical (unpaired) electrons. The van der Waals surface area contributed by atoms with E-state index in [1.807, 2.05) is 11.4 Å². The Morgan fingerprint density at radius 1 is 1.47 bits per heavy atom. The Kier molecular flexibility index (Phi) is 5.50. The molecule has 0 bridgehead atoms. The van der Waals surface area contributed by atoms with Crippen molar-refractivity contribution in [3.63, 3.8) is 0 Å². The van der Waals surface area contributed by atoms with Gasteiger partial charge in [0, 0.05) is 13.2 Å². The maximum atomic E-state index is 11.7. The molecule has 0 aromatic carbocycles. The molecule has 2 heterocycles. The van der Waals surface area contributed by atoms with E-state index in [2.05, 4.69) is 22.2 Å². The van der Waals surface area contributed by atoms with Crippen molar-refractivity contribution in [3.05, 3.63) is 27.6 Å². The van der Waals surface area contributed by atoms with Crippen LogP contribution in [-0.2, 0) is 11.3 Å². The number of thiophene rings is 1. The number of fused-ring (bicyclic) bond motifs is 1. The largest absolute Gasteiger partial charge is 0.380 e. The van der Waals surface area contributed by atoms with E-state index in [0.29, 0.717) is 23.7 Å². The Balaban J connectivity index is 1.77. The Hall–Kier alpha value is -1.24. The molecule has 0 saturated carbocycles. The monoisotopic (exact) mass is 281 g/mol. The van der Waals surface area contributed by atoms with Gasteiger partial charge in [0.15, 0.2) is 0 Å². The third kappa shape index (κ3) is 4.12. The van der Waals surface area contributed by atoms with Crippen LogP contribution in [0.3, 0.4) is 0 Å². The van der Waals surface area contributed by atoms with Gasteiger partial charge in [0.1, 0.15) is 10.5 Å². The van der Waals surface area contributed by atoms with Gasteiger partial charge in [-0.3, -0.25) is 4.79 Å². The van der Waals surface area contributed by atoms with Crippen molar-refractivity contribution in [2.75, 3.05) is 19.8 Å². The number of aromatic nitrogens is 2. The van der Waals surface area contributed by atoms with Crippen LogP contribution in [0.4, 0.5) is 0 Å². The summed E-state index contributed by atoms with van der Waals surface area (Å²) in [6, 6.07) is 1.87. The van der Waals surface area contributed by atoms with Crippen LogP contribution in [0.2, 0.25) is 0 Å². The zero-order valence-corrected chi connectivity index (χ0v) is 11.9. The van der Waals surface area contributed by atoms with Crippen LogP contribution in [0, 0.1) is 0 Å². The molecule has 0 aliphatic heterocycles. The number of H-pyrrole nitrogens is 1. The minimum atomic E-state index is -0.0593. The lowest BCUT2D eigenvalue weighted by molar-refractivity contribution is 0.132. The molecule has 104 valence electrons. The van der Waals surface area contributed by atoms with Crippen molar-refractivity contribution in [3.8, 4) is 0 Å². The predicted molar refractivity (Wildman–Crippen MR) is 77.7 cm³/mol. The number of ether oxygens (including phenoxy) is 1. The van der Waals surface area contributed by atoms with E-state index in [4.69, 9.17) is 4.74 Å². The summed E-state index contributed by atoms with van der Waals surface area (Å²) in [6.45, 7) is 4.95. The van der Waals surface area contributed by atoms with E-state index in [0.717, 1.165) is 31.5 Å². The maximum Gasteiger partial charge on any atom is 0.268 e. The Labute approximate surface area is 116 Å². The van der Waals surface area contributed by atoms with Crippen LogP contribution in [0.1, 0.15) is 25.6 Å². The summed E-state index contributed by atoms with van der Waals surface area (Å²) in [5, 5.41) is 5.09. The highest BCUT2D eigenvalue weighted by Gasteiger charge is 2.04. The molecule has 0 spiro atoms. The van der Waals surface area contributed by atoms with Crippen LogP contribution in [-0.4, -0.2) is 29.7 Å². The average molecular weight is 281 g/mol. The molecule has 0 amide bonds. The molecule has 0 aliphatic carbocycles. The normalized spacial score (nSPS) is 11.2. The number of hydrogen-bond acceptors (Lipinski definition) is 5. The molecule has 0 aliphatic rings. The minimum Gasteiger partial charge on any atom is -0.380 e. The van der Waals surface area contributed by atoms with E-state index < -0.39 is 0 Å². The number of aromatic amines is 1. The first-order chi connectivity index (χ1) is 9.31. The van der Waals surface area contributed by atoms with Crippen molar-refractivity contribution in [1.82, 2.24) is 15.3 Å². The van der Waals surface area contributed by atoms with Gasteiger partial charge < -0.3 is 15.0 Å². The van der Waals surface area contributed by atoms with E-state index >= 15 is 0 Å². The number of hydrogen-bond donors (Lipinski definition) is 2. The minimum absolute atomic E-state index is 0.0593. The first kappa shape index (κ1) is 14.2. The van der Waals surface area contributed by atoms with Crippen molar-refractivity contribution >= 4 is 21.6 Å². The average Bonchev–Trinajstić information content (AvgIpc) is 2.86. The molecule has 0 unspecified atom stereocenters. The first-order valence-electron chi connectivity index (χ1n) is 6.56. The molecule has 2 N–H and O–H groups in total. The molecule has 19 heavy (non-hydrogen) atoms. The van der Waals surface area contributed by atoms with Gasteiger partial charge in [-0.25, -0.2) is 4.98 Å².